The number of amides is 3. The molecule has 6 N–H and O–H groups in total. The van der Waals surface area contributed by atoms with Crippen molar-refractivity contribution in [3.05, 3.63) is 11.1 Å². The van der Waals surface area contributed by atoms with Gasteiger partial charge in [-0.1, -0.05) is 5.16 Å². The molecule has 2 rings (SSSR count). The van der Waals surface area contributed by atoms with Crippen LogP contribution in [0.25, 0.3) is 0 Å². The number of nitrogens with two attached hydrogens (primary N) is 2. The number of β-lactam (4-membered cyclic amide) rings is 1. The number of hydrogen-bond acceptors (Lipinski definition) is 10. The molecule has 2 unspecified atom stereocenters. The molecule has 1 aliphatic rings. The van der Waals surface area contributed by atoms with Crippen molar-refractivity contribution in [2.75, 3.05) is 12.8 Å². The van der Waals surface area contributed by atoms with Gasteiger partial charge in [-0.2, -0.15) is 12.7 Å². The van der Waals surface area contributed by atoms with Gasteiger partial charge in [0.2, 0.25) is 5.91 Å². The Bertz CT molecular complexity index is 875. The van der Waals surface area contributed by atoms with E-state index < -0.39 is 40.1 Å². The van der Waals surface area contributed by atoms with Crippen molar-refractivity contribution in [3.63, 3.8) is 0 Å². The maximum atomic E-state index is 12.3. The number of hydrogen-bond donors (Lipinski definition) is 4. The number of nitrogens with one attached hydrogen (secondary N) is 1. The third-order valence-electron chi connectivity index (χ3n) is 3.04. The molecule has 0 aliphatic carbocycles. The van der Waals surface area contributed by atoms with Crippen LogP contribution in [0.1, 0.15) is 7.12 Å². The van der Waals surface area contributed by atoms with Crippen LogP contribution >= 0.6 is 11.3 Å². The number of anilines is 1. The van der Waals surface area contributed by atoms with Gasteiger partial charge in [-0.05, 0) is 0 Å². The molecule has 1 aromatic rings. The van der Waals surface area contributed by atoms with Gasteiger partial charge in [0, 0.05) is 5.38 Å². The SMILES string of the molecule is CO/N=C(\C(=O)NC1C(=O)N(S(=O)(=O)O)C1C(N)=O)c1csc(N)n1.[H-].[Na+]. The second kappa shape index (κ2) is 8.28. The average molecular weight is 416 g/mol. The fourth-order valence-corrected chi connectivity index (χ4v) is 3.44. The number of rotatable bonds is 6. The van der Waals surface area contributed by atoms with Crippen LogP contribution in [0.2, 0.25) is 0 Å². The molecule has 0 bridgehead atoms. The molecule has 138 valence electrons. The van der Waals surface area contributed by atoms with Crippen LogP contribution < -0.4 is 46.3 Å². The van der Waals surface area contributed by atoms with Gasteiger partial charge in [0.25, 0.3) is 11.8 Å². The Balaban J connectivity index is 0.00000338. The summed E-state index contributed by atoms with van der Waals surface area (Å²) in [7, 11) is -3.85. The minimum Gasteiger partial charge on any atom is -1.00 e. The number of nitrogens with zero attached hydrogens (tertiary/aromatic N) is 3. The number of nitrogen functional groups attached to an aromatic ring is 1. The summed E-state index contributed by atoms with van der Waals surface area (Å²) in [5.74, 6) is -3.48. The summed E-state index contributed by atoms with van der Waals surface area (Å²) < 4.78 is 31.0. The molecule has 0 aromatic carbocycles. The number of thiazole rings is 1. The summed E-state index contributed by atoms with van der Waals surface area (Å²) >= 11 is 1.01. The van der Waals surface area contributed by atoms with E-state index in [1.165, 1.54) is 5.38 Å². The predicted octanol–water partition coefficient (Wildman–Crippen LogP) is -5.82. The molecule has 0 saturated carbocycles. The first-order valence-corrected chi connectivity index (χ1v) is 8.59. The van der Waals surface area contributed by atoms with Crippen molar-refractivity contribution in [1.82, 2.24) is 14.6 Å². The summed E-state index contributed by atoms with van der Waals surface area (Å²) in [6, 6.07) is -3.39. The van der Waals surface area contributed by atoms with Crippen molar-refractivity contribution < 1.29 is 63.2 Å². The number of aromatic nitrogens is 1. The minimum absolute atomic E-state index is 0. The van der Waals surface area contributed by atoms with Crippen molar-refractivity contribution in [1.29, 1.82) is 0 Å². The molecule has 3 amide bonds. The summed E-state index contributed by atoms with van der Waals surface area (Å²) in [4.78, 5) is 43.8. The summed E-state index contributed by atoms with van der Waals surface area (Å²) in [6.07, 6.45) is 0. The molecule has 16 heteroatoms. The van der Waals surface area contributed by atoms with Gasteiger partial charge in [-0.3, -0.25) is 18.9 Å². The van der Waals surface area contributed by atoms with Crippen LogP contribution in [0.3, 0.4) is 0 Å². The average Bonchev–Trinajstić information content (AvgIpc) is 2.91. The first kappa shape index (κ1) is 22.3. The number of oxime groups is 1. The van der Waals surface area contributed by atoms with Crippen molar-refractivity contribution in [2.45, 2.75) is 12.1 Å². The van der Waals surface area contributed by atoms with Gasteiger partial charge in [0.15, 0.2) is 16.9 Å². The maximum Gasteiger partial charge on any atom is 1.00 e. The molecule has 1 saturated heterocycles. The van der Waals surface area contributed by atoms with Crippen molar-refractivity contribution in [3.8, 4) is 0 Å². The van der Waals surface area contributed by atoms with Crippen LogP contribution in [0, 0.1) is 0 Å². The van der Waals surface area contributed by atoms with Gasteiger partial charge >= 0.3 is 39.9 Å². The molecule has 1 aromatic heterocycles. The molecule has 0 spiro atoms. The molecule has 2 heterocycles. The monoisotopic (exact) mass is 416 g/mol. The second-order valence-electron chi connectivity index (χ2n) is 4.60. The fraction of sp³-hybridized carbons (Fsp3) is 0.300. The largest absolute Gasteiger partial charge is 1.00 e. The van der Waals surface area contributed by atoms with E-state index in [0.717, 1.165) is 18.4 Å². The van der Waals surface area contributed by atoms with Gasteiger partial charge in [0.1, 0.15) is 18.8 Å². The zero-order valence-corrected chi connectivity index (χ0v) is 17.1. The second-order valence-corrected chi connectivity index (χ2v) is 6.78. The van der Waals surface area contributed by atoms with E-state index >= 15 is 0 Å². The molecule has 2 atom stereocenters. The molecular weight excluding hydrogens is 403 g/mol. The molecule has 1 fully saturated rings. The topological polar surface area (TPSA) is 207 Å². The molecule has 26 heavy (non-hydrogen) atoms. The summed E-state index contributed by atoms with van der Waals surface area (Å²) in [5, 5.41) is 7.10. The number of carbonyl (C=O) groups excluding carboxylic acids is 3. The molecular formula is C10H13N6NaO7S2. The van der Waals surface area contributed by atoms with Crippen LogP contribution in [0.4, 0.5) is 5.13 Å². The Morgan fingerprint density at radius 2 is 2.15 bits per heavy atom. The molecule has 0 radical (unpaired) electrons. The third kappa shape index (κ3) is 4.30. The molecule has 1 aliphatic heterocycles. The third-order valence-corrected chi connectivity index (χ3v) is 4.62. The van der Waals surface area contributed by atoms with Gasteiger partial charge in [0.05, 0.1) is 0 Å². The van der Waals surface area contributed by atoms with Crippen LogP contribution in [-0.2, 0) is 29.5 Å². The Labute approximate surface area is 174 Å². The normalized spacial score (nSPS) is 20.0. The Hall–Kier alpha value is -1.78. The van der Waals surface area contributed by atoms with E-state index in [-0.39, 0.29) is 51.8 Å². The number of carbonyl (C=O) groups is 3. The zero-order valence-electron chi connectivity index (χ0n) is 14.4. The fourth-order valence-electron chi connectivity index (χ4n) is 2.04. The first-order valence-electron chi connectivity index (χ1n) is 6.31. The van der Waals surface area contributed by atoms with Crippen LogP contribution in [0.5, 0.6) is 0 Å². The minimum atomic E-state index is -5.01. The number of primary amides is 1. The van der Waals surface area contributed by atoms with E-state index in [4.69, 9.17) is 16.0 Å². The van der Waals surface area contributed by atoms with E-state index in [9.17, 15) is 22.8 Å². The Morgan fingerprint density at radius 3 is 2.58 bits per heavy atom. The molecule has 13 nitrogen and oxygen atoms in total. The smallest absolute Gasteiger partial charge is 1.00 e. The Kier molecular flexibility index (Phi) is 7.09. The van der Waals surface area contributed by atoms with Crippen molar-refractivity contribution in [2.24, 2.45) is 10.9 Å². The quantitative estimate of drug-likeness (QED) is 0.114. The first-order chi connectivity index (χ1) is 11.6. The van der Waals surface area contributed by atoms with Crippen molar-refractivity contribution >= 4 is 50.2 Å². The standard InChI is InChI=1S/C10H12N6O7S2.Na.H/c1-23-15-4(3-2-24-10(12)13-3)8(18)14-5-6(7(11)17)16(9(5)19)25(20,21)22;;/h2,5-6H,1H3,(H2,11,17)(H2,12,13)(H,14,18)(H,20,21,22);;/q;+1;-1/b15-4-;;. The predicted molar refractivity (Wildman–Crippen MR) is 84.5 cm³/mol. The van der Waals surface area contributed by atoms with Gasteiger partial charge in [-0.25, -0.2) is 4.98 Å². The maximum absolute atomic E-state index is 12.3. The zero-order chi connectivity index (χ0) is 18.9. The summed E-state index contributed by atoms with van der Waals surface area (Å²) in [6.45, 7) is 0. The Morgan fingerprint density at radius 1 is 1.54 bits per heavy atom. The summed E-state index contributed by atoms with van der Waals surface area (Å²) in [5.41, 5.74) is 10.2. The van der Waals surface area contributed by atoms with Crippen LogP contribution in [0.15, 0.2) is 10.5 Å². The van der Waals surface area contributed by atoms with Gasteiger partial charge < -0.3 is 23.0 Å². The van der Waals surface area contributed by atoms with E-state index in [2.05, 4.69) is 20.3 Å². The van der Waals surface area contributed by atoms with Gasteiger partial charge in [-0.15, -0.1) is 11.3 Å². The van der Waals surface area contributed by atoms with Crippen LogP contribution in [-0.4, -0.2) is 64.9 Å². The van der Waals surface area contributed by atoms with E-state index in [1.807, 2.05) is 0 Å². The van der Waals surface area contributed by atoms with E-state index in [0.29, 0.717) is 0 Å². The van der Waals surface area contributed by atoms with E-state index in [1.54, 1.807) is 0 Å².